The van der Waals surface area contributed by atoms with Crippen LogP contribution in [-0.4, -0.2) is 19.1 Å². The number of hydrogen-bond donors (Lipinski definition) is 1. The van der Waals surface area contributed by atoms with Gasteiger partial charge in [0.25, 0.3) is 0 Å². The van der Waals surface area contributed by atoms with Crippen LogP contribution in [0.4, 0.5) is 0 Å². The molecule has 1 unspecified atom stereocenters. The van der Waals surface area contributed by atoms with Crippen molar-refractivity contribution in [3.63, 3.8) is 0 Å². The summed E-state index contributed by atoms with van der Waals surface area (Å²) < 4.78 is 11.2. The summed E-state index contributed by atoms with van der Waals surface area (Å²) in [5, 5.41) is 3.10. The maximum Gasteiger partial charge on any atom is 0.220 e. The topological polar surface area (TPSA) is 47.6 Å². The Morgan fingerprint density at radius 1 is 1.13 bits per heavy atom. The summed E-state index contributed by atoms with van der Waals surface area (Å²) >= 11 is 0. The van der Waals surface area contributed by atoms with Gasteiger partial charge in [-0.1, -0.05) is 36.4 Å². The lowest BCUT2D eigenvalue weighted by Gasteiger charge is -2.26. The molecule has 23 heavy (non-hydrogen) atoms. The molecule has 1 amide bonds. The summed E-state index contributed by atoms with van der Waals surface area (Å²) in [5.41, 5.74) is 1.06. The van der Waals surface area contributed by atoms with E-state index in [1.165, 1.54) is 0 Å². The van der Waals surface area contributed by atoms with Gasteiger partial charge in [0.1, 0.15) is 11.5 Å². The van der Waals surface area contributed by atoms with Crippen LogP contribution in [0.25, 0.3) is 0 Å². The van der Waals surface area contributed by atoms with Gasteiger partial charge < -0.3 is 14.8 Å². The van der Waals surface area contributed by atoms with E-state index in [0.29, 0.717) is 26.1 Å². The van der Waals surface area contributed by atoms with E-state index < -0.39 is 0 Å². The second-order valence-electron chi connectivity index (χ2n) is 5.56. The van der Waals surface area contributed by atoms with Gasteiger partial charge >= 0.3 is 0 Å². The van der Waals surface area contributed by atoms with E-state index in [1.807, 2.05) is 54.6 Å². The summed E-state index contributed by atoms with van der Waals surface area (Å²) in [6, 6.07) is 17.6. The first-order valence-electron chi connectivity index (χ1n) is 8.02. The highest BCUT2D eigenvalue weighted by atomic mass is 16.5. The molecule has 4 heteroatoms. The molecule has 1 aliphatic heterocycles. The van der Waals surface area contributed by atoms with E-state index in [4.69, 9.17) is 9.47 Å². The monoisotopic (exact) mass is 311 g/mol. The lowest BCUT2D eigenvalue weighted by Crippen LogP contribution is -2.32. The minimum atomic E-state index is 0.0440. The van der Waals surface area contributed by atoms with Gasteiger partial charge in [0.15, 0.2) is 0 Å². The van der Waals surface area contributed by atoms with Gasteiger partial charge in [-0.2, -0.15) is 0 Å². The third-order valence-electron chi connectivity index (χ3n) is 3.85. The normalized spacial score (nSPS) is 16.1. The third kappa shape index (κ3) is 4.25. The van der Waals surface area contributed by atoms with Crippen LogP contribution in [0.5, 0.6) is 11.5 Å². The SMILES string of the molecule is O=C(CCCOc1ccccc1)NC1CCOc2ccccc21. The first-order valence-corrected chi connectivity index (χ1v) is 8.02. The van der Waals surface area contributed by atoms with Gasteiger partial charge in [-0.25, -0.2) is 0 Å². The van der Waals surface area contributed by atoms with Crippen LogP contribution in [0.3, 0.4) is 0 Å². The van der Waals surface area contributed by atoms with E-state index in [9.17, 15) is 4.79 Å². The van der Waals surface area contributed by atoms with E-state index in [1.54, 1.807) is 0 Å². The molecule has 4 nitrogen and oxygen atoms in total. The molecule has 0 radical (unpaired) electrons. The largest absolute Gasteiger partial charge is 0.494 e. The maximum atomic E-state index is 12.1. The standard InChI is InChI=1S/C19H21NO3/c21-19(11-6-13-22-15-7-2-1-3-8-15)20-17-12-14-23-18-10-5-4-9-16(17)18/h1-5,7-10,17H,6,11-14H2,(H,20,21). The number of fused-ring (bicyclic) bond motifs is 1. The molecule has 1 atom stereocenters. The molecule has 0 saturated heterocycles. The Bertz CT molecular complexity index is 642. The van der Waals surface area contributed by atoms with E-state index in [-0.39, 0.29) is 11.9 Å². The Morgan fingerprint density at radius 2 is 1.91 bits per heavy atom. The number of hydrogen-bond acceptors (Lipinski definition) is 3. The molecule has 1 heterocycles. The smallest absolute Gasteiger partial charge is 0.220 e. The number of ether oxygens (including phenoxy) is 2. The fraction of sp³-hybridized carbons (Fsp3) is 0.316. The zero-order valence-electron chi connectivity index (χ0n) is 13.0. The number of para-hydroxylation sites is 2. The minimum absolute atomic E-state index is 0.0440. The number of carbonyl (C=O) groups is 1. The fourth-order valence-electron chi connectivity index (χ4n) is 2.70. The molecule has 2 aromatic rings. The molecule has 1 N–H and O–H groups in total. The van der Waals surface area contributed by atoms with Gasteiger partial charge in [0, 0.05) is 18.4 Å². The van der Waals surface area contributed by atoms with Crippen LogP contribution in [0.15, 0.2) is 54.6 Å². The number of amides is 1. The van der Waals surface area contributed by atoms with Crippen LogP contribution in [-0.2, 0) is 4.79 Å². The van der Waals surface area contributed by atoms with Crippen LogP contribution >= 0.6 is 0 Å². The molecule has 3 rings (SSSR count). The second kappa shape index (κ2) is 7.68. The predicted octanol–water partition coefficient (Wildman–Crippen LogP) is 3.49. The molecule has 2 aromatic carbocycles. The van der Waals surface area contributed by atoms with Crippen molar-refractivity contribution < 1.29 is 14.3 Å². The molecule has 0 spiro atoms. The molecule has 0 fully saturated rings. The van der Waals surface area contributed by atoms with Crippen molar-refractivity contribution in [1.29, 1.82) is 0 Å². The maximum absolute atomic E-state index is 12.1. The van der Waals surface area contributed by atoms with E-state index in [2.05, 4.69) is 5.32 Å². The predicted molar refractivity (Wildman–Crippen MR) is 88.6 cm³/mol. The number of rotatable bonds is 6. The number of benzene rings is 2. The highest BCUT2D eigenvalue weighted by Gasteiger charge is 2.22. The molecular formula is C19H21NO3. The quantitative estimate of drug-likeness (QED) is 0.831. The Morgan fingerprint density at radius 3 is 2.78 bits per heavy atom. The first kappa shape index (κ1) is 15.4. The second-order valence-corrected chi connectivity index (χ2v) is 5.56. The first-order chi connectivity index (χ1) is 11.3. The zero-order valence-corrected chi connectivity index (χ0v) is 13.0. The van der Waals surface area contributed by atoms with E-state index in [0.717, 1.165) is 23.5 Å². The number of carbonyl (C=O) groups excluding carboxylic acids is 1. The molecule has 1 aliphatic rings. The van der Waals surface area contributed by atoms with Crippen molar-refractivity contribution in [2.45, 2.75) is 25.3 Å². The van der Waals surface area contributed by atoms with Gasteiger partial charge in [-0.3, -0.25) is 4.79 Å². The summed E-state index contributed by atoms with van der Waals surface area (Å²) in [4.78, 5) is 12.1. The van der Waals surface area contributed by atoms with Crippen molar-refractivity contribution in [3.05, 3.63) is 60.2 Å². The molecule has 0 bridgehead atoms. The molecule has 120 valence electrons. The van der Waals surface area contributed by atoms with Crippen LogP contribution < -0.4 is 14.8 Å². The van der Waals surface area contributed by atoms with Crippen molar-refractivity contribution in [2.24, 2.45) is 0 Å². The molecule has 0 aromatic heterocycles. The summed E-state index contributed by atoms with van der Waals surface area (Å²) in [6.45, 7) is 1.18. The van der Waals surface area contributed by atoms with Gasteiger partial charge in [-0.05, 0) is 24.6 Å². The van der Waals surface area contributed by atoms with Gasteiger partial charge in [0.2, 0.25) is 5.91 Å². The Kier molecular flexibility index (Phi) is 5.14. The molecule has 0 saturated carbocycles. The lowest BCUT2D eigenvalue weighted by atomic mass is 10.0. The van der Waals surface area contributed by atoms with Crippen molar-refractivity contribution >= 4 is 5.91 Å². The van der Waals surface area contributed by atoms with Crippen molar-refractivity contribution in [3.8, 4) is 11.5 Å². The average molecular weight is 311 g/mol. The van der Waals surface area contributed by atoms with Gasteiger partial charge in [0.05, 0.1) is 19.3 Å². The minimum Gasteiger partial charge on any atom is -0.494 e. The van der Waals surface area contributed by atoms with Crippen LogP contribution in [0, 0.1) is 0 Å². The van der Waals surface area contributed by atoms with Crippen LogP contribution in [0.1, 0.15) is 30.9 Å². The Balaban J connectivity index is 1.43. The highest BCUT2D eigenvalue weighted by molar-refractivity contribution is 5.76. The van der Waals surface area contributed by atoms with Gasteiger partial charge in [-0.15, -0.1) is 0 Å². The molecular weight excluding hydrogens is 290 g/mol. The summed E-state index contributed by atoms with van der Waals surface area (Å²) in [7, 11) is 0. The lowest BCUT2D eigenvalue weighted by molar-refractivity contribution is -0.122. The zero-order chi connectivity index (χ0) is 15.9. The summed E-state index contributed by atoms with van der Waals surface area (Å²) in [5.74, 6) is 1.77. The highest BCUT2D eigenvalue weighted by Crippen LogP contribution is 2.31. The van der Waals surface area contributed by atoms with Crippen molar-refractivity contribution in [2.75, 3.05) is 13.2 Å². The average Bonchev–Trinajstić information content (AvgIpc) is 2.60. The van der Waals surface area contributed by atoms with E-state index >= 15 is 0 Å². The summed E-state index contributed by atoms with van der Waals surface area (Å²) in [6.07, 6.45) is 1.97. The number of nitrogens with one attached hydrogen (secondary N) is 1. The fourth-order valence-corrected chi connectivity index (χ4v) is 2.70. The Hall–Kier alpha value is -2.49. The third-order valence-corrected chi connectivity index (χ3v) is 3.85. The van der Waals surface area contributed by atoms with Crippen LogP contribution in [0.2, 0.25) is 0 Å². The molecule has 0 aliphatic carbocycles. The van der Waals surface area contributed by atoms with Crippen molar-refractivity contribution in [1.82, 2.24) is 5.32 Å². The Labute approximate surface area is 136 Å².